The lowest BCUT2D eigenvalue weighted by Crippen LogP contribution is -2.30. The van der Waals surface area contributed by atoms with Crippen LogP contribution in [0.25, 0.3) is 0 Å². The summed E-state index contributed by atoms with van der Waals surface area (Å²) in [5, 5.41) is 0. The van der Waals surface area contributed by atoms with Crippen LogP contribution in [-0.2, 0) is 18.7 Å². The Labute approximate surface area is 97.3 Å². The molecule has 4 nitrogen and oxygen atoms in total. The van der Waals surface area contributed by atoms with Crippen LogP contribution >= 0.6 is 0 Å². The number of ether oxygens (including phenoxy) is 1. The number of rotatable bonds is 5. The highest BCUT2D eigenvalue weighted by molar-refractivity contribution is 7.03. The van der Waals surface area contributed by atoms with E-state index in [9.17, 15) is 0 Å². The van der Waals surface area contributed by atoms with E-state index in [1.165, 1.54) is 7.11 Å². The van der Waals surface area contributed by atoms with Gasteiger partial charge in [-0.05, 0) is 13.8 Å². The molecule has 1 rings (SSSR count). The number of hydrogen-bond acceptors (Lipinski definition) is 4. The van der Waals surface area contributed by atoms with Gasteiger partial charge in [-0.25, -0.2) is 0 Å². The molecule has 0 N–H and O–H groups in total. The molecule has 1 aliphatic rings. The van der Waals surface area contributed by atoms with Crippen LogP contribution in [-0.4, -0.2) is 27.1 Å². The van der Waals surface area contributed by atoms with Gasteiger partial charge < -0.3 is 18.7 Å². The van der Waals surface area contributed by atoms with Gasteiger partial charge in [-0.1, -0.05) is 19.7 Å². The summed E-state index contributed by atoms with van der Waals surface area (Å²) in [6.07, 6.45) is 0. The van der Waals surface area contributed by atoms with E-state index < -0.39 is 12.6 Å². The molecule has 0 aliphatic carbocycles. The van der Waals surface area contributed by atoms with Gasteiger partial charge in [0.1, 0.15) is 11.4 Å². The van der Waals surface area contributed by atoms with Crippen LogP contribution < -0.4 is 0 Å². The summed E-state index contributed by atoms with van der Waals surface area (Å²) in [7, 11) is 1.26. The Balaban J connectivity index is 2.39. The van der Waals surface area contributed by atoms with Crippen molar-refractivity contribution < 1.29 is 18.7 Å². The van der Waals surface area contributed by atoms with Gasteiger partial charge in [0.25, 0.3) is 0 Å². The Morgan fingerprint density at radius 1 is 1.38 bits per heavy atom. The fourth-order valence-corrected chi connectivity index (χ4v) is 1.15. The molecule has 0 radical (unpaired) electrons. The van der Waals surface area contributed by atoms with Crippen LogP contribution in [0, 0.1) is 0 Å². The van der Waals surface area contributed by atoms with Gasteiger partial charge in [-0.3, -0.25) is 0 Å². The zero-order valence-corrected chi connectivity index (χ0v) is 10.0. The molecule has 0 amide bonds. The summed E-state index contributed by atoms with van der Waals surface area (Å²) in [4.78, 5) is 0. The predicted octanol–water partition coefficient (Wildman–Crippen LogP) is 1.35. The molecule has 0 spiro atoms. The van der Waals surface area contributed by atoms with Crippen LogP contribution in [0.3, 0.4) is 0 Å². The Morgan fingerprint density at radius 2 is 2.00 bits per heavy atom. The Kier molecular flexibility index (Phi) is 3.75. The van der Waals surface area contributed by atoms with Gasteiger partial charge in [0.2, 0.25) is 0 Å². The van der Waals surface area contributed by atoms with Crippen LogP contribution in [0.1, 0.15) is 13.8 Å². The van der Waals surface area contributed by atoms with Crippen molar-refractivity contribution in [3.8, 4) is 0 Å². The highest BCUT2D eigenvalue weighted by Crippen LogP contribution is 2.29. The summed E-state index contributed by atoms with van der Waals surface area (Å²) in [6.45, 7) is 14.8. The summed E-state index contributed by atoms with van der Waals surface area (Å²) in [5.74, 6) is 1.35. The second-order valence-electron chi connectivity index (χ2n) is 3.96. The van der Waals surface area contributed by atoms with E-state index in [2.05, 4.69) is 19.7 Å². The standard InChI is InChI=1S/C10H16B2O4/c1-7(13-6)8(2)14-11-12-15-9(3)10(4,5)16-12/h11H,1-3H2,4-6H3. The van der Waals surface area contributed by atoms with E-state index in [0.29, 0.717) is 17.3 Å². The normalized spacial score (nSPS) is 17.7. The minimum atomic E-state index is -0.479. The van der Waals surface area contributed by atoms with Gasteiger partial charge in [-0.15, -0.1) is 0 Å². The van der Waals surface area contributed by atoms with Crippen molar-refractivity contribution in [2.75, 3.05) is 7.11 Å². The molecule has 0 aromatic rings. The molecule has 0 bridgehead atoms. The molecule has 1 aliphatic heterocycles. The number of methoxy groups -OCH3 is 1. The van der Waals surface area contributed by atoms with Crippen molar-refractivity contribution in [3.63, 3.8) is 0 Å². The lowest BCUT2D eigenvalue weighted by Gasteiger charge is -2.15. The fraction of sp³-hybridized carbons (Fsp3) is 0.400. The van der Waals surface area contributed by atoms with Gasteiger partial charge in [0, 0.05) is 0 Å². The zero-order chi connectivity index (χ0) is 12.3. The predicted molar refractivity (Wildman–Crippen MR) is 64.7 cm³/mol. The largest absolute Gasteiger partial charge is 0.560 e. The Bertz CT molecular complexity index is 325. The molecule has 1 fully saturated rings. The fourth-order valence-electron chi connectivity index (χ4n) is 1.15. The van der Waals surface area contributed by atoms with Crippen molar-refractivity contribution >= 4 is 14.4 Å². The first-order valence-electron chi connectivity index (χ1n) is 4.95. The highest BCUT2D eigenvalue weighted by atomic mass is 16.7. The molecule has 0 aromatic heterocycles. The topological polar surface area (TPSA) is 36.9 Å². The first-order valence-corrected chi connectivity index (χ1v) is 4.95. The van der Waals surface area contributed by atoms with Crippen LogP contribution in [0.2, 0.25) is 0 Å². The van der Waals surface area contributed by atoms with E-state index in [0.717, 1.165) is 0 Å². The molecule has 0 atom stereocenters. The SMILES string of the molecule is C=C(OC)C(=C)OBB1OC(=C)C(C)(C)O1. The maximum atomic E-state index is 5.57. The monoisotopic (exact) mass is 222 g/mol. The van der Waals surface area contributed by atoms with Crippen molar-refractivity contribution in [1.82, 2.24) is 0 Å². The maximum Gasteiger partial charge on any atom is 0.523 e. The molecule has 16 heavy (non-hydrogen) atoms. The smallest absolute Gasteiger partial charge is 0.523 e. The molecule has 86 valence electrons. The van der Waals surface area contributed by atoms with E-state index in [4.69, 9.17) is 18.7 Å². The number of hydrogen-bond donors (Lipinski definition) is 0. The molecule has 0 saturated carbocycles. The van der Waals surface area contributed by atoms with E-state index in [1.807, 2.05) is 13.8 Å². The quantitative estimate of drug-likeness (QED) is 0.399. The lowest BCUT2D eigenvalue weighted by molar-refractivity contribution is 0.173. The van der Waals surface area contributed by atoms with Crippen LogP contribution in [0.15, 0.2) is 37.0 Å². The van der Waals surface area contributed by atoms with E-state index in [1.54, 1.807) is 0 Å². The maximum absolute atomic E-state index is 5.57. The zero-order valence-electron chi connectivity index (χ0n) is 10.0. The summed E-state index contributed by atoms with van der Waals surface area (Å²) >= 11 is 0. The second kappa shape index (κ2) is 4.70. The van der Waals surface area contributed by atoms with Gasteiger partial charge in [-0.2, -0.15) is 0 Å². The molecule has 0 unspecified atom stereocenters. The van der Waals surface area contributed by atoms with Crippen molar-refractivity contribution in [3.05, 3.63) is 37.0 Å². The molecular weight excluding hydrogens is 206 g/mol. The third-order valence-corrected chi connectivity index (χ3v) is 2.32. The minimum absolute atomic E-state index is 0.226. The summed E-state index contributed by atoms with van der Waals surface area (Å²) in [5.41, 5.74) is -0.479. The average Bonchev–Trinajstić information content (AvgIpc) is 2.48. The Hall–Kier alpha value is -1.29. The summed E-state index contributed by atoms with van der Waals surface area (Å²) in [6, 6.07) is 0. The Morgan fingerprint density at radius 3 is 2.44 bits per heavy atom. The van der Waals surface area contributed by atoms with Crippen LogP contribution in [0.4, 0.5) is 0 Å². The minimum Gasteiger partial charge on any atom is -0.560 e. The van der Waals surface area contributed by atoms with E-state index >= 15 is 0 Å². The summed E-state index contributed by atoms with van der Waals surface area (Å²) < 4.78 is 21.1. The molecule has 0 aromatic carbocycles. The van der Waals surface area contributed by atoms with Gasteiger partial charge in [0.15, 0.2) is 5.76 Å². The van der Waals surface area contributed by atoms with Crippen molar-refractivity contribution in [1.29, 1.82) is 0 Å². The highest BCUT2D eigenvalue weighted by Gasteiger charge is 2.43. The van der Waals surface area contributed by atoms with E-state index in [-0.39, 0.29) is 7.37 Å². The van der Waals surface area contributed by atoms with Crippen molar-refractivity contribution in [2.24, 2.45) is 0 Å². The first-order chi connectivity index (χ1) is 7.36. The average molecular weight is 222 g/mol. The third kappa shape index (κ3) is 2.85. The van der Waals surface area contributed by atoms with Gasteiger partial charge >= 0.3 is 14.4 Å². The molecular formula is C10H16B2O4. The van der Waals surface area contributed by atoms with Crippen molar-refractivity contribution in [2.45, 2.75) is 19.4 Å². The van der Waals surface area contributed by atoms with Gasteiger partial charge in [0.05, 0.1) is 12.9 Å². The molecule has 6 heteroatoms. The first kappa shape index (κ1) is 12.8. The molecule has 1 heterocycles. The second-order valence-corrected chi connectivity index (χ2v) is 3.96. The lowest BCUT2D eigenvalue weighted by atomic mass is 9.56. The molecule has 1 saturated heterocycles. The van der Waals surface area contributed by atoms with Crippen LogP contribution in [0.5, 0.6) is 0 Å². The third-order valence-electron chi connectivity index (χ3n) is 2.32.